The zero-order valence-electron chi connectivity index (χ0n) is 15.1. The van der Waals surface area contributed by atoms with E-state index in [1.165, 1.54) is 11.1 Å². The molecule has 0 spiro atoms. The number of hydrogen-bond acceptors (Lipinski definition) is 2. The standard InChI is InChI=1S/C23H22ClN3/c24-20-15-22-21(14-19(20)13-18-9-5-2-6-10-18)26-16-27(22)23(25)12-11-17-7-3-1-4-8-17/h1-10,14-16,23H,11-13,25H2/t23-/m1/s1. The Kier molecular flexibility index (Phi) is 5.23. The average Bonchev–Trinajstić information content (AvgIpc) is 3.11. The number of imidazole rings is 1. The van der Waals surface area contributed by atoms with Gasteiger partial charge in [-0.3, -0.25) is 0 Å². The van der Waals surface area contributed by atoms with Crippen LogP contribution in [0.15, 0.2) is 79.1 Å². The van der Waals surface area contributed by atoms with Gasteiger partial charge in [0.05, 0.1) is 23.5 Å². The summed E-state index contributed by atoms with van der Waals surface area (Å²) in [5.74, 6) is 0. The zero-order chi connectivity index (χ0) is 18.6. The van der Waals surface area contributed by atoms with Crippen LogP contribution in [0.5, 0.6) is 0 Å². The number of benzene rings is 3. The van der Waals surface area contributed by atoms with Crippen LogP contribution in [-0.4, -0.2) is 9.55 Å². The third-order valence-electron chi connectivity index (χ3n) is 4.91. The molecule has 1 heterocycles. The van der Waals surface area contributed by atoms with Gasteiger partial charge < -0.3 is 10.3 Å². The average molecular weight is 376 g/mol. The summed E-state index contributed by atoms with van der Waals surface area (Å²) in [4.78, 5) is 4.56. The van der Waals surface area contributed by atoms with Gasteiger partial charge in [0.15, 0.2) is 0 Å². The van der Waals surface area contributed by atoms with Crippen LogP contribution >= 0.6 is 11.6 Å². The van der Waals surface area contributed by atoms with Crippen molar-refractivity contribution in [2.75, 3.05) is 0 Å². The van der Waals surface area contributed by atoms with Crippen LogP contribution < -0.4 is 5.73 Å². The van der Waals surface area contributed by atoms with E-state index in [0.29, 0.717) is 0 Å². The summed E-state index contributed by atoms with van der Waals surface area (Å²) in [7, 11) is 0. The molecule has 0 bridgehead atoms. The van der Waals surface area contributed by atoms with Gasteiger partial charge in [-0.05, 0) is 48.1 Å². The Morgan fingerprint density at radius 2 is 1.59 bits per heavy atom. The minimum Gasteiger partial charge on any atom is -0.314 e. The van der Waals surface area contributed by atoms with E-state index in [4.69, 9.17) is 17.3 Å². The molecule has 1 atom stereocenters. The maximum atomic E-state index is 6.58. The molecule has 0 aliphatic rings. The predicted octanol–water partition coefficient (Wildman–Crippen LogP) is 5.37. The van der Waals surface area contributed by atoms with Gasteiger partial charge in [-0.2, -0.15) is 0 Å². The van der Waals surface area contributed by atoms with Gasteiger partial charge in [-0.25, -0.2) is 4.98 Å². The lowest BCUT2D eigenvalue weighted by molar-refractivity contribution is 0.495. The minimum atomic E-state index is -0.133. The van der Waals surface area contributed by atoms with Gasteiger partial charge >= 0.3 is 0 Å². The van der Waals surface area contributed by atoms with Crippen molar-refractivity contribution < 1.29 is 0 Å². The van der Waals surface area contributed by atoms with E-state index in [2.05, 4.69) is 47.4 Å². The molecule has 2 N–H and O–H groups in total. The summed E-state index contributed by atoms with van der Waals surface area (Å²) in [6, 6.07) is 24.8. The molecule has 4 aromatic rings. The van der Waals surface area contributed by atoms with Gasteiger partial charge in [0.1, 0.15) is 0 Å². The first-order valence-electron chi connectivity index (χ1n) is 9.19. The van der Waals surface area contributed by atoms with Crippen LogP contribution in [0.25, 0.3) is 11.0 Å². The normalized spacial score (nSPS) is 12.4. The smallest absolute Gasteiger partial charge is 0.0971 e. The molecule has 4 rings (SSSR count). The molecular weight excluding hydrogens is 354 g/mol. The first-order chi connectivity index (χ1) is 13.2. The molecule has 0 fully saturated rings. The first-order valence-corrected chi connectivity index (χ1v) is 9.57. The van der Waals surface area contributed by atoms with Crippen LogP contribution in [0, 0.1) is 0 Å². The Morgan fingerprint density at radius 1 is 0.926 bits per heavy atom. The van der Waals surface area contributed by atoms with Crippen LogP contribution in [0.4, 0.5) is 0 Å². The molecule has 0 aliphatic carbocycles. The van der Waals surface area contributed by atoms with Crippen molar-refractivity contribution in [2.24, 2.45) is 5.73 Å². The number of nitrogens with two attached hydrogens (primary N) is 1. The largest absolute Gasteiger partial charge is 0.314 e. The summed E-state index contributed by atoms with van der Waals surface area (Å²) in [6.45, 7) is 0. The van der Waals surface area contributed by atoms with E-state index in [0.717, 1.165) is 40.9 Å². The molecule has 3 nitrogen and oxygen atoms in total. The van der Waals surface area contributed by atoms with Crippen LogP contribution in [0.3, 0.4) is 0 Å². The third kappa shape index (κ3) is 4.05. The molecular formula is C23H22ClN3. The molecule has 4 heteroatoms. The molecule has 0 radical (unpaired) electrons. The molecule has 0 unspecified atom stereocenters. The fourth-order valence-corrected chi connectivity index (χ4v) is 3.63. The Balaban J connectivity index is 1.55. The maximum absolute atomic E-state index is 6.58. The van der Waals surface area contributed by atoms with Gasteiger partial charge in [-0.1, -0.05) is 72.3 Å². The Hall–Kier alpha value is -2.62. The zero-order valence-corrected chi connectivity index (χ0v) is 15.8. The van der Waals surface area contributed by atoms with Gasteiger partial charge in [0.2, 0.25) is 0 Å². The quantitative estimate of drug-likeness (QED) is 0.492. The van der Waals surface area contributed by atoms with Crippen LogP contribution in [-0.2, 0) is 12.8 Å². The maximum Gasteiger partial charge on any atom is 0.0971 e. The van der Waals surface area contributed by atoms with Crippen LogP contribution in [0.1, 0.15) is 29.3 Å². The fourth-order valence-electron chi connectivity index (χ4n) is 3.41. The topological polar surface area (TPSA) is 43.8 Å². The van der Waals surface area contributed by atoms with Gasteiger partial charge in [-0.15, -0.1) is 0 Å². The van der Waals surface area contributed by atoms with Crippen molar-refractivity contribution in [1.29, 1.82) is 0 Å². The number of nitrogens with zero attached hydrogens (tertiary/aromatic N) is 2. The molecule has 1 aromatic heterocycles. The van der Waals surface area contributed by atoms with Crippen molar-refractivity contribution in [3.05, 3.63) is 101 Å². The molecule has 0 aliphatic heterocycles. The van der Waals surface area contributed by atoms with E-state index < -0.39 is 0 Å². The first kappa shape index (κ1) is 17.8. The van der Waals surface area contributed by atoms with Crippen LogP contribution in [0.2, 0.25) is 5.02 Å². The molecule has 0 saturated carbocycles. The third-order valence-corrected chi connectivity index (χ3v) is 5.26. The van der Waals surface area contributed by atoms with Gasteiger partial charge in [0, 0.05) is 5.02 Å². The lowest BCUT2D eigenvalue weighted by atomic mass is 10.0. The number of fused-ring (bicyclic) bond motifs is 1. The summed E-state index contributed by atoms with van der Waals surface area (Å²) in [5.41, 5.74) is 12.0. The Labute approximate surface area is 164 Å². The molecule has 136 valence electrons. The molecule has 27 heavy (non-hydrogen) atoms. The summed E-state index contributed by atoms with van der Waals surface area (Å²) in [6.07, 6.45) is 4.26. The SMILES string of the molecule is N[C@@H](CCc1ccccc1)n1cnc2cc(Cc3ccccc3)c(Cl)cc21. The molecule has 0 amide bonds. The van der Waals surface area contributed by atoms with E-state index in [1.807, 2.05) is 41.2 Å². The summed E-state index contributed by atoms with van der Waals surface area (Å²) >= 11 is 6.58. The van der Waals surface area contributed by atoms with Crippen molar-refractivity contribution in [3.63, 3.8) is 0 Å². The Bertz CT molecular complexity index is 1030. The van der Waals surface area contributed by atoms with E-state index in [9.17, 15) is 0 Å². The lowest BCUT2D eigenvalue weighted by Gasteiger charge is -2.15. The van der Waals surface area contributed by atoms with Crippen molar-refractivity contribution in [3.8, 4) is 0 Å². The second-order valence-electron chi connectivity index (χ2n) is 6.84. The highest BCUT2D eigenvalue weighted by Crippen LogP contribution is 2.27. The minimum absolute atomic E-state index is 0.133. The van der Waals surface area contributed by atoms with Crippen molar-refractivity contribution in [2.45, 2.75) is 25.4 Å². The number of hydrogen-bond donors (Lipinski definition) is 1. The van der Waals surface area contributed by atoms with E-state index in [1.54, 1.807) is 0 Å². The monoisotopic (exact) mass is 375 g/mol. The summed E-state index contributed by atoms with van der Waals surface area (Å²) < 4.78 is 2.02. The molecule has 0 saturated heterocycles. The highest BCUT2D eigenvalue weighted by Gasteiger charge is 2.13. The lowest BCUT2D eigenvalue weighted by Crippen LogP contribution is -2.18. The molecule has 3 aromatic carbocycles. The number of rotatable bonds is 6. The highest BCUT2D eigenvalue weighted by molar-refractivity contribution is 6.32. The van der Waals surface area contributed by atoms with Crippen molar-refractivity contribution in [1.82, 2.24) is 9.55 Å². The second kappa shape index (κ2) is 7.95. The second-order valence-corrected chi connectivity index (χ2v) is 7.25. The number of aromatic nitrogens is 2. The predicted molar refractivity (Wildman–Crippen MR) is 112 cm³/mol. The van der Waals surface area contributed by atoms with E-state index >= 15 is 0 Å². The van der Waals surface area contributed by atoms with Gasteiger partial charge in [0.25, 0.3) is 0 Å². The highest BCUT2D eigenvalue weighted by atomic mass is 35.5. The fraction of sp³-hybridized carbons (Fsp3) is 0.174. The number of aryl methyl sites for hydroxylation is 1. The summed E-state index contributed by atoms with van der Waals surface area (Å²) in [5, 5.41) is 0.753. The van der Waals surface area contributed by atoms with E-state index in [-0.39, 0.29) is 6.17 Å². The number of halogens is 1. The Morgan fingerprint density at radius 3 is 2.30 bits per heavy atom. The van der Waals surface area contributed by atoms with Crippen molar-refractivity contribution >= 4 is 22.6 Å².